The number of fused-ring (bicyclic) bond motifs is 1. The third-order valence-corrected chi connectivity index (χ3v) is 6.32. The smallest absolute Gasteiger partial charge is 0.130 e. The van der Waals surface area contributed by atoms with Crippen LogP contribution in [-0.4, -0.2) is 57.8 Å². The Labute approximate surface area is 195 Å². The van der Waals surface area contributed by atoms with E-state index in [1.165, 1.54) is 5.56 Å². The van der Waals surface area contributed by atoms with Crippen molar-refractivity contribution in [2.45, 2.75) is 6.54 Å². The van der Waals surface area contributed by atoms with Crippen LogP contribution in [0.2, 0.25) is 0 Å². The van der Waals surface area contributed by atoms with Crippen molar-refractivity contribution in [3.8, 4) is 11.1 Å². The number of likely N-dealkylation sites (N-methyl/N-ethyl adjacent to an activating group) is 1. The van der Waals surface area contributed by atoms with E-state index in [1.54, 1.807) is 0 Å². The molecule has 0 atom stereocenters. The fraction of sp³-hybridized carbons (Fsp3) is 0.259. The fourth-order valence-electron chi connectivity index (χ4n) is 4.31. The Morgan fingerprint density at radius 1 is 0.939 bits per heavy atom. The molecule has 0 saturated carbocycles. The van der Waals surface area contributed by atoms with E-state index in [1.807, 2.05) is 30.3 Å². The van der Waals surface area contributed by atoms with Crippen LogP contribution in [0.25, 0.3) is 27.6 Å². The third kappa shape index (κ3) is 4.97. The second kappa shape index (κ2) is 9.17. The van der Waals surface area contributed by atoms with Gasteiger partial charge in [-0.25, -0.2) is 4.98 Å². The normalized spacial score (nSPS) is 15.1. The number of rotatable bonds is 6. The number of nitrogens with one attached hydrogen (secondary N) is 1. The first kappa shape index (κ1) is 21.4. The van der Waals surface area contributed by atoms with Crippen LogP contribution in [-0.2, 0) is 13.6 Å². The molecular formula is C27H30N6. The van der Waals surface area contributed by atoms with Crippen LogP contribution >= 0.6 is 0 Å². The first-order valence-electron chi connectivity index (χ1n) is 11.4. The van der Waals surface area contributed by atoms with Gasteiger partial charge in [0.05, 0.1) is 6.20 Å². The van der Waals surface area contributed by atoms with Crippen molar-refractivity contribution >= 4 is 22.3 Å². The van der Waals surface area contributed by atoms with Crippen molar-refractivity contribution in [3.05, 3.63) is 84.8 Å². The quantitative estimate of drug-likeness (QED) is 0.482. The average Bonchev–Trinajstić information content (AvgIpc) is 3.26. The van der Waals surface area contributed by atoms with Crippen LogP contribution in [0.1, 0.15) is 11.1 Å². The van der Waals surface area contributed by atoms with Crippen LogP contribution in [0.5, 0.6) is 0 Å². The van der Waals surface area contributed by atoms with E-state index in [2.05, 4.69) is 87.4 Å². The summed E-state index contributed by atoms with van der Waals surface area (Å²) in [5.74, 6) is 0.792. The standard InChI is InChI=1S/C27H30N6/c1-20(22-6-4-5-21(13-22)18-33-11-9-31(2)10-12-33)30-27-15-25-14-23(7-8-24(25)16-28-27)26-17-29-32(3)19-26/h4-8,13-17,19H,1,9-12,18H2,2-3H3,(H,28,30). The summed E-state index contributed by atoms with van der Waals surface area (Å²) in [5, 5.41) is 9.93. The molecule has 0 radical (unpaired) electrons. The molecule has 2 aromatic heterocycles. The van der Waals surface area contributed by atoms with E-state index in [9.17, 15) is 0 Å². The van der Waals surface area contributed by atoms with Gasteiger partial charge in [-0.1, -0.05) is 36.9 Å². The van der Waals surface area contributed by atoms with Crippen molar-refractivity contribution in [3.63, 3.8) is 0 Å². The summed E-state index contributed by atoms with van der Waals surface area (Å²) in [6.45, 7) is 9.74. The molecule has 0 aliphatic carbocycles. The van der Waals surface area contributed by atoms with E-state index in [-0.39, 0.29) is 0 Å². The Balaban J connectivity index is 1.31. The number of hydrogen-bond acceptors (Lipinski definition) is 5. The van der Waals surface area contributed by atoms with Gasteiger partial charge in [-0.05, 0) is 47.3 Å². The molecular weight excluding hydrogens is 408 g/mol. The van der Waals surface area contributed by atoms with Crippen molar-refractivity contribution in [1.29, 1.82) is 0 Å². The lowest BCUT2D eigenvalue weighted by atomic mass is 10.0. The summed E-state index contributed by atoms with van der Waals surface area (Å²) in [6.07, 6.45) is 5.82. The Kier molecular flexibility index (Phi) is 5.94. The van der Waals surface area contributed by atoms with Crippen LogP contribution in [0, 0.1) is 0 Å². The number of piperazine rings is 1. The number of aryl methyl sites for hydroxylation is 1. The minimum atomic E-state index is 0.792. The summed E-state index contributed by atoms with van der Waals surface area (Å²) in [5.41, 5.74) is 5.50. The lowest BCUT2D eigenvalue weighted by Crippen LogP contribution is -2.43. The minimum Gasteiger partial charge on any atom is -0.340 e. The highest BCUT2D eigenvalue weighted by Crippen LogP contribution is 2.26. The van der Waals surface area contributed by atoms with Gasteiger partial charge in [0, 0.05) is 68.8 Å². The van der Waals surface area contributed by atoms with Gasteiger partial charge in [0.1, 0.15) is 5.82 Å². The Hall–Kier alpha value is -3.48. The summed E-state index contributed by atoms with van der Waals surface area (Å²) < 4.78 is 1.82. The molecule has 168 valence electrons. The fourth-order valence-corrected chi connectivity index (χ4v) is 4.31. The molecule has 0 amide bonds. The molecule has 33 heavy (non-hydrogen) atoms. The van der Waals surface area contributed by atoms with Crippen molar-refractivity contribution < 1.29 is 0 Å². The molecule has 6 heteroatoms. The van der Waals surface area contributed by atoms with Gasteiger partial charge in [0.2, 0.25) is 0 Å². The molecule has 2 aromatic carbocycles. The summed E-state index contributed by atoms with van der Waals surface area (Å²) in [4.78, 5) is 9.50. The zero-order chi connectivity index (χ0) is 22.8. The molecule has 5 rings (SSSR count). The molecule has 3 heterocycles. The van der Waals surface area contributed by atoms with Gasteiger partial charge in [0.25, 0.3) is 0 Å². The van der Waals surface area contributed by atoms with Gasteiger partial charge in [0.15, 0.2) is 0 Å². The first-order valence-corrected chi connectivity index (χ1v) is 11.4. The van der Waals surface area contributed by atoms with E-state index in [4.69, 9.17) is 0 Å². The Bertz CT molecular complexity index is 1280. The van der Waals surface area contributed by atoms with Gasteiger partial charge < -0.3 is 10.2 Å². The number of pyridine rings is 1. The van der Waals surface area contributed by atoms with E-state index in [0.717, 1.165) is 71.7 Å². The topological polar surface area (TPSA) is 49.2 Å². The average molecular weight is 439 g/mol. The van der Waals surface area contributed by atoms with Gasteiger partial charge >= 0.3 is 0 Å². The Morgan fingerprint density at radius 2 is 1.79 bits per heavy atom. The molecule has 1 N–H and O–H groups in total. The van der Waals surface area contributed by atoms with Crippen LogP contribution in [0.15, 0.2) is 73.7 Å². The number of anilines is 1. The van der Waals surface area contributed by atoms with Gasteiger partial charge in [-0.3, -0.25) is 9.58 Å². The summed E-state index contributed by atoms with van der Waals surface area (Å²) in [6, 6.07) is 17.1. The molecule has 1 aliphatic rings. The highest BCUT2D eigenvalue weighted by molar-refractivity contribution is 5.89. The molecule has 1 aliphatic heterocycles. The monoisotopic (exact) mass is 438 g/mol. The van der Waals surface area contributed by atoms with Crippen molar-refractivity contribution in [1.82, 2.24) is 24.6 Å². The van der Waals surface area contributed by atoms with E-state index < -0.39 is 0 Å². The largest absolute Gasteiger partial charge is 0.340 e. The SMILES string of the molecule is C=C(Nc1cc2cc(-c3cnn(C)c3)ccc2cn1)c1cccc(CN2CCN(C)CC2)c1. The number of hydrogen-bond donors (Lipinski definition) is 1. The number of benzene rings is 2. The van der Waals surface area contributed by atoms with Gasteiger partial charge in [-0.15, -0.1) is 0 Å². The first-order chi connectivity index (χ1) is 16.0. The highest BCUT2D eigenvalue weighted by Gasteiger charge is 2.14. The zero-order valence-electron chi connectivity index (χ0n) is 19.3. The zero-order valence-corrected chi connectivity index (χ0v) is 19.3. The van der Waals surface area contributed by atoms with E-state index >= 15 is 0 Å². The maximum atomic E-state index is 4.60. The van der Waals surface area contributed by atoms with Crippen LogP contribution in [0.4, 0.5) is 5.82 Å². The Morgan fingerprint density at radius 3 is 2.58 bits per heavy atom. The van der Waals surface area contributed by atoms with E-state index in [0.29, 0.717) is 0 Å². The molecule has 4 aromatic rings. The lowest BCUT2D eigenvalue weighted by Gasteiger charge is -2.32. The number of nitrogens with zero attached hydrogens (tertiary/aromatic N) is 5. The van der Waals surface area contributed by atoms with Crippen LogP contribution < -0.4 is 5.32 Å². The molecule has 6 nitrogen and oxygen atoms in total. The van der Waals surface area contributed by atoms with Gasteiger partial charge in [-0.2, -0.15) is 5.10 Å². The number of aromatic nitrogens is 3. The molecule has 1 fully saturated rings. The second-order valence-corrected chi connectivity index (χ2v) is 8.92. The predicted molar refractivity (Wildman–Crippen MR) is 136 cm³/mol. The van der Waals surface area contributed by atoms with Crippen molar-refractivity contribution in [2.24, 2.45) is 7.05 Å². The minimum absolute atomic E-state index is 0.792. The summed E-state index contributed by atoms with van der Waals surface area (Å²) in [7, 11) is 4.12. The third-order valence-electron chi connectivity index (χ3n) is 6.32. The molecule has 0 spiro atoms. The summed E-state index contributed by atoms with van der Waals surface area (Å²) >= 11 is 0. The highest BCUT2D eigenvalue weighted by atomic mass is 15.2. The molecule has 0 unspecified atom stereocenters. The molecule has 0 bridgehead atoms. The van der Waals surface area contributed by atoms with Crippen molar-refractivity contribution in [2.75, 3.05) is 38.5 Å². The maximum absolute atomic E-state index is 4.60. The maximum Gasteiger partial charge on any atom is 0.130 e. The lowest BCUT2D eigenvalue weighted by molar-refractivity contribution is 0.148. The predicted octanol–water partition coefficient (Wildman–Crippen LogP) is 4.47. The second-order valence-electron chi connectivity index (χ2n) is 8.92. The molecule has 1 saturated heterocycles. The van der Waals surface area contributed by atoms with Crippen LogP contribution in [0.3, 0.4) is 0 Å².